The normalized spacial score (nSPS) is 11.3. The Kier molecular flexibility index (Phi) is 2.44. The molecule has 0 atom stereocenters. The number of aryl methyl sites for hydroxylation is 2. The number of hydrogen-bond acceptors (Lipinski definition) is 3. The van der Waals surface area contributed by atoms with Crippen LogP contribution in [0.15, 0.2) is 42.7 Å². The van der Waals surface area contributed by atoms with Crippen LogP contribution in [0.25, 0.3) is 33.5 Å². The molecular formula is C15H14N6. The van der Waals surface area contributed by atoms with Gasteiger partial charge in [0, 0.05) is 47.2 Å². The van der Waals surface area contributed by atoms with Crippen molar-refractivity contribution in [1.29, 1.82) is 0 Å². The van der Waals surface area contributed by atoms with E-state index in [-0.39, 0.29) is 0 Å². The molecule has 1 N–H and O–H groups in total. The highest BCUT2D eigenvalue weighted by Crippen LogP contribution is 2.31. The summed E-state index contributed by atoms with van der Waals surface area (Å²) in [6.45, 7) is 0. The maximum absolute atomic E-state index is 4.27. The molecular weight excluding hydrogens is 264 g/mol. The summed E-state index contributed by atoms with van der Waals surface area (Å²) in [6, 6.07) is 10.3. The third-order valence-corrected chi connectivity index (χ3v) is 3.64. The molecule has 0 radical (unpaired) electrons. The molecule has 0 spiro atoms. The van der Waals surface area contributed by atoms with Gasteiger partial charge < -0.3 is 9.55 Å². The number of tetrazole rings is 1. The minimum atomic E-state index is 0.640. The monoisotopic (exact) mass is 278 g/mol. The number of aromatic amines is 1. The van der Waals surface area contributed by atoms with Crippen LogP contribution < -0.4 is 0 Å². The topological polar surface area (TPSA) is 64.3 Å². The molecule has 0 saturated carbocycles. The molecule has 104 valence electrons. The standard InChI is InChI=1S/C15H14N6/c1-20-9-12(13-4-3-7-16-13)11-8-10(5-6-14(11)20)15-17-19-21(2)18-15/h3-9,16H,1-2H3. The Morgan fingerprint density at radius 3 is 2.76 bits per heavy atom. The first-order valence-electron chi connectivity index (χ1n) is 6.69. The summed E-state index contributed by atoms with van der Waals surface area (Å²) in [5.74, 6) is 0.640. The summed E-state index contributed by atoms with van der Waals surface area (Å²) in [5, 5.41) is 13.4. The zero-order valence-corrected chi connectivity index (χ0v) is 11.8. The van der Waals surface area contributed by atoms with Gasteiger partial charge in [0.25, 0.3) is 0 Å². The van der Waals surface area contributed by atoms with Crippen LogP contribution in [0.2, 0.25) is 0 Å². The van der Waals surface area contributed by atoms with Crippen LogP contribution >= 0.6 is 0 Å². The SMILES string of the molecule is Cn1nnc(-c2ccc3c(c2)c(-c2ccc[nH]2)cn3C)n1. The summed E-state index contributed by atoms with van der Waals surface area (Å²) in [4.78, 5) is 4.73. The van der Waals surface area contributed by atoms with Crippen molar-refractivity contribution in [2.75, 3.05) is 0 Å². The Morgan fingerprint density at radius 1 is 1.14 bits per heavy atom. The molecule has 6 heteroatoms. The smallest absolute Gasteiger partial charge is 0.204 e. The van der Waals surface area contributed by atoms with E-state index in [9.17, 15) is 0 Å². The van der Waals surface area contributed by atoms with E-state index in [2.05, 4.69) is 56.4 Å². The van der Waals surface area contributed by atoms with Gasteiger partial charge >= 0.3 is 0 Å². The van der Waals surface area contributed by atoms with Gasteiger partial charge in [-0.05, 0) is 35.5 Å². The molecule has 0 saturated heterocycles. The van der Waals surface area contributed by atoms with Gasteiger partial charge in [0.1, 0.15) is 0 Å². The average molecular weight is 278 g/mol. The van der Waals surface area contributed by atoms with Gasteiger partial charge in [-0.3, -0.25) is 0 Å². The summed E-state index contributed by atoms with van der Waals surface area (Å²) >= 11 is 0. The van der Waals surface area contributed by atoms with Crippen molar-refractivity contribution in [3.63, 3.8) is 0 Å². The van der Waals surface area contributed by atoms with Crippen LogP contribution in [0.3, 0.4) is 0 Å². The Hall–Kier alpha value is -2.89. The molecule has 0 amide bonds. The molecule has 0 bridgehead atoms. The summed E-state index contributed by atoms with van der Waals surface area (Å²) in [5.41, 5.74) is 4.41. The Morgan fingerprint density at radius 2 is 2.05 bits per heavy atom. The highest BCUT2D eigenvalue weighted by molar-refractivity contribution is 5.97. The fourth-order valence-corrected chi connectivity index (χ4v) is 2.64. The number of rotatable bonds is 2. The van der Waals surface area contributed by atoms with E-state index >= 15 is 0 Å². The van der Waals surface area contributed by atoms with E-state index in [1.165, 1.54) is 21.3 Å². The van der Waals surface area contributed by atoms with Crippen LogP contribution in [-0.2, 0) is 14.1 Å². The molecule has 4 rings (SSSR count). The third-order valence-electron chi connectivity index (χ3n) is 3.64. The first-order valence-corrected chi connectivity index (χ1v) is 6.69. The van der Waals surface area contributed by atoms with Crippen LogP contribution in [0, 0.1) is 0 Å². The van der Waals surface area contributed by atoms with Gasteiger partial charge in [0.05, 0.1) is 7.05 Å². The Bertz CT molecular complexity index is 913. The molecule has 3 aromatic heterocycles. The number of nitrogens with zero attached hydrogens (tertiary/aromatic N) is 5. The maximum atomic E-state index is 4.27. The van der Waals surface area contributed by atoms with Gasteiger partial charge in [-0.1, -0.05) is 0 Å². The van der Waals surface area contributed by atoms with Gasteiger partial charge in [-0.2, -0.15) is 4.80 Å². The van der Waals surface area contributed by atoms with E-state index in [1.807, 2.05) is 18.3 Å². The first kappa shape index (κ1) is 11.9. The largest absolute Gasteiger partial charge is 0.361 e. The maximum Gasteiger partial charge on any atom is 0.204 e. The quantitative estimate of drug-likeness (QED) is 0.612. The van der Waals surface area contributed by atoms with Crippen LogP contribution in [0.5, 0.6) is 0 Å². The van der Waals surface area contributed by atoms with Gasteiger partial charge in [0.15, 0.2) is 0 Å². The average Bonchev–Trinajstić information content (AvgIpc) is 3.19. The number of fused-ring (bicyclic) bond motifs is 1. The zero-order valence-electron chi connectivity index (χ0n) is 11.8. The fourth-order valence-electron chi connectivity index (χ4n) is 2.64. The van der Waals surface area contributed by atoms with Gasteiger partial charge in [0.2, 0.25) is 5.82 Å². The fraction of sp³-hybridized carbons (Fsp3) is 0.133. The van der Waals surface area contributed by atoms with E-state index in [0.29, 0.717) is 5.82 Å². The molecule has 0 fully saturated rings. The van der Waals surface area contributed by atoms with Gasteiger partial charge in [-0.15, -0.1) is 10.2 Å². The minimum absolute atomic E-state index is 0.640. The van der Waals surface area contributed by atoms with Crippen LogP contribution in [0.4, 0.5) is 0 Å². The highest BCUT2D eigenvalue weighted by atomic mass is 15.6. The molecule has 0 aliphatic heterocycles. The zero-order chi connectivity index (χ0) is 14.4. The molecule has 1 aromatic carbocycles. The second kappa shape index (κ2) is 4.31. The van der Waals surface area contributed by atoms with E-state index < -0.39 is 0 Å². The molecule has 0 unspecified atom stereocenters. The molecule has 6 nitrogen and oxygen atoms in total. The number of H-pyrrole nitrogens is 1. The van der Waals surface area contributed by atoms with E-state index in [4.69, 9.17) is 0 Å². The molecule has 0 aliphatic rings. The van der Waals surface area contributed by atoms with Crippen molar-refractivity contribution in [2.45, 2.75) is 0 Å². The molecule has 0 aliphatic carbocycles. The summed E-state index contributed by atoms with van der Waals surface area (Å²) in [7, 11) is 3.82. The molecule has 3 heterocycles. The number of nitrogens with one attached hydrogen (secondary N) is 1. The van der Waals surface area contributed by atoms with E-state index in [0.717, 1.165) is 11.3 Å². The number of benzene rings is 1. The van der Waals surface area contributed by atoms with Crippen LogP contribution in [0.1, 0.15) is 0 Å². The van der Waals surface area contributed by atoms with E-state index in [1.54, 1.807) is 7.05 Å². The van der Waals surface area contributed by atoms with Gasteiger partial charge in [-0.25, -0.2) is 0 Å². The second-order valence-corrected chi connectivity index (χ2v) is 5.07. The number of aromatic nitrogens is 6. The van der Waals surface area contributed by atoms with Crippen molar-refractivity contribution < 1.29 is 0 Å². The van der Waals surface area contributed by atoms with Crippen molar-refractivity contribution >= 4 is 10.9 Å². The number of hydrogen-bond donors (Lipinski definition) is 1. The summed E-state index contributed by atoms with van der Waals surface area (Å²) in [6.07, 6.45) is 4.06. The molecule has 4 aromatic rings. The molecule has 21 heavy (non-hydrogen) atoms. The second-order valence-electron chi connectivity index (χ2n) is 5.07. The Balaban J connectivity index is 1.96. The van der Waals surface area contributed by atoms with Crippen molar-refractivity contribution in [2.24, 2.45) is 14.1 Å². The predicted octanol–water partition coefficient (Wildman–Crippen LogP) is 2.36. The minimum Gasteiger partial charge on any atom is -0.361 e. The lowest BCUT2D eigenvalue weighted by Crippen LogP contribution is -1.91. The lowest BCUT2D eigenvalue weighted by atomic mass is 10.1. The van der Waals surface area contributed by atoms with Crippen LogP contribution in [-0.4, -0.2) is 29.8 Å². The lowest BCUT2D eigenvalue weighted by Gasteiger charge is -1.99. The highest BCUT2D eigenvalue weighted by Gasteiger charge is 2.12. The van der Waals surface area contributed by atoms with Crippen molar-refractivity contribution in [3.05, 3.63) is 42.7 Å². The summed E-state index contributed by atoms with van der Waals surface area (Å²) < 4.78 is 2.12. The third kappa shape index (κ3) is 1.84. The first-order chi connectivity index (χ1) is 10.2. The van der Waals surface area contributed by atoms with Crippen molar-refractivity contribution in [1.82, 2.24) is 29.8 Å². The predicted molar refractivity (Wildman–Crippen MR) is 80.5 cm³/mol. The van der Waals surface area contributed by atoms with Crippen molar-refractivity contribution in [3.8, 4) is 22.6 Å². The lowest BCUT2D eigenvalue weighted by molar-refractivity contribution is 0.630. The Labute approximate surface area is 121 Å².